The molecule has 0 saturated carbocycles. The minimum absolute atomic E-state index is 0.0191. The summed E-state index contributed by atoms with van der Waals surface area (Å²) in [5.74, 6) is -0.925. The van der Waals surface area contributed by atoms with Crippen LogP contribution in [0.3, 0.4) is 0 Å². The van der Waals surface area contributed by atoms with Gasteiger partial charge in [-0.25, -0.2) is 4.79 Å². The van der Waals surface area contributed by atoms with Gasteiger partial charge >= 0.3 is 5.97 Å². The smallest absolute Gasteiger partial charge is 0.335 e. The fraction of sp³-hybridized carbons (Fsp3) is 0.364. The molecule has 1 aromatic carbocycles. The van der Waals surface area contributed by atoms with E-state index in [0.29, 0.717) is 5.69 Å². The van der Waals surface area contributed by atoms with Crippen LogP contribution in [0, 0.1) is 0 Å². The van der Waals surface area contributed by atoms with Crippen molar-refractivity contribution in [2.45, 2.75) is 30.4 Å². The lowest BCUT2D eigenvalue weighted by molar-refractivity contribution is 0.0696. The summed E-state index contributed by atoms with van der Waals surface area (Å²) >= 11 is 1.57. The molecule has 0 radical (unpaired) electrons. The molecule has 0 spiro atoms. The second-order valence-corrected chi connectivity index (χ2v) is 6.14. The van der Waals surface area contributed by atoms with E-state index < -0.39 is 5.97 Å². The minimum atomic E-state index is -0.925. The largest absolute Gasteiger partial charge is 0.478 e. The van der Waals surface area contributed by atoms with Gasteiger partial charge in [-0.3, -0.25) is 0 Å². The molecule has 0 bridgehead atoms. The number of nitrogen functional groups attached to an aromatic ring is 1. The summed E-state index contributed by atoms with van der Waals surface area (Å²) in [6.45, 7) is 6.18. The molecule has 0 aromatic heterocycles. The topological polar surface area (TPSA) is 63.3 Å². The fourth-order valence-corrected chi connectivity index (χ4v) is 2.12. The lowest BCUT2D eigenvalue weighted by atomic mass is 10.2. The third-order valence-corrected chi connectivity index (χ3v) is 2.86. The monoisotopic (exact) mass is 225 g/mol. The van der Waals surface area contributed by atoms with Crippen LogP contribution in [0.25, 0.3) is 0 Å². The predicted octanol–water partition coefficient (Wildman–Crippen LogP) is 2.86. The third-order valence-electron chi connectivity index (χ3n) is 1.68. The van der Waals surface area contributed by atoms with E-state index in [1.54, 1.807) is 23.9 Å². The number of carboxylic acid groups (broad SMARTS) is 1. The molecule has 1 aromatic rings. The van der Waals surface area contributed by atoms with Crippen LogP contribution in [-0.4, -0.2) is 15.8 Å². The van der Waals surface area contributed by atoms with E-state index in [2.05, 4.69) is 20.8 Å². The van der Waals surface area contributed by atoms with Crippen molar-refractivity contribution >= 4 is 23.4 Å². The number of anilines is 1. The highest BCUT2D eigenvalue weighted by atomic mass is 32.2. The van der Waals surface area contributed by atoms with Crippen LogP contribution in [-0.2, 0) is 0 Å². The molecule has 0 amide bonds. The molecule has 0 saturated heterocycles. The first-order chi connectivity index (χ1) is 6.79. The first-order valence-corrected chi connectivity index (χ1v) is 5.43. The highest BCUT2D eigenvalue weighted by Gasteiger charge is 2.15. The molecule has 82 valence electrons. The number of thioether (sulfide) groups is 1. The predicted molar refractivity (Wildman–Crippen MR) is 63.4 cm³/mol. The Morgan fingerprint density at radius 1 is 1.40 bits per heavy atom. The number of nitrogens with two attached hydrogens (primary N) is 1. The minimum Gasteiger partial charge on any atom is -0.478 e. The zero-order valence-corrected chi connectivity index (χ0v) is 9.89. The Morgan fingerprint density at radius 3 is 2.47 bits per heavy atom. The van der Waals surface area contributed by atoms with Gasteiger partial charge in [0.1, 0.15) is 0 Å². The molecule has 15 heavy (non-hydrogen) atoms. The molecule has 3 N–H and O–H groups in total. The quantitative estimate of drug-likeness (QED) is 0.600. The van der Waals surface area contributed by atoms with Crippen molar-refractivity contribution in [2.75, 3.05) is 5.73 Å². The van der Waals surface area contributed by atoms with Gasteiger partial charge in [-0.15, -0.1) is 11.8 Å². The molecular formula is C11H15NO2S. The summed E-state index contributed by atoms with van der Waals surface area (Å²) in [7, 11) is 0. The number of carbonyl (C=O) groups is 1. The average Bonchev–Trinajstić information content (AvgIpc) is 2.06. The molecule has 0 fully saturated rings. The summed E-state index contributed by atoms with van der Waals surface area (Å²) in [5.41, 5.74) is 6.68. The summed E-state index contributed by atoms with van der Waals surface area (Å²) in [5, 5.41) is 8.85. The molecule has 0 unspecified atom stereocenters. The van der Waals surface area contributed by atoms with Crippen LogP contribution in [0.15, 0.2) is 23.1 Å². The Hall–Kier alpha value is -1.16. The highest BCUT2D eigenvalue weighted by molar-refractivity contribution is 8.00. The van der Waals surface area contributed by atoms with Crippen LogP contribution >= 0.6 is 11.8 Å². The van der Waals surface area contributed by atoms with Crippen molar-refractivity contribution in [2.24, 2.45) is 0 Å². The lowest BCUT2D eigenvalue weighted by Crippen LogP contribution is -2.08. The van der Waals surface area contributed by atoms with Crippen molar-refractivity contribution in [1.82, 2.24) is 0 Å². The molecule has 0 aliphatic carbocycles. The van der Waals surface area contributed by atoms with Gasteiger partial charge in [-0.05, 0) is 18.2 Å². The highest BCUT2D eigenvalue weighted by Crippen LogP contribution is 2.35. The Labute approximate surface area is 93.7 Å². The second kappa shape index (κ2) is 4.14. The first kappa shape index (κ1) is 11.9. The van der Waals surface area contributed by atoms with Gasteiger partial charge in [-0.2, -0.15) is 0 Å². The Balaban J connectivity index is 3.06. The van der Waals surface area contributed by atoms with E-state index in [1.807, 2.05) is 0 Å². The van der Waals surface area contributed by atoms with Crippen molar-refractivity contribution < 1.29 is 9.90 Å². The third kappa shape index (κ3) is 3.47. The standard InChI is InChI=1S/C11H15NO2S/c1-11(2,3)15-9-6-7(10(13)14)4-5-8(9)12/h4-6H,12H2,1-3H3,(H,13,14). The Bertz CT molecular complexity index is 383. The van der Waals surface area contributed by atoms with Gasteiger partial charge in [0.15, 0.2) is 0 Å². The van der Waals surface area contributed by atoms with Gasteiger partial charge < -0.3 is 10.8 Å². The SMILES string of the molecule is CC(C)(C)Sc1cc(C(=O)O)ccc1N. The van der Waals surface area contributed by atoms with E-state index in [1.165, 1.54) is 6.07 Å². The number of rotatable bonds is 2. The number of hydrogen-bond donors (Lipinski definition) is 2. The van der Waals surface area contributed by atoms with Crippen LogP contribution in [0.1, 0.15) is 31.1 Å². The van der Waals surface area contributed by atoms with E-state index in [-0.39, 0.29) is 10.3 Å². The van der Waals surface area contributed by atoms with Crippen LogP contribution in [0.5, 0.6) is 0 Å². The summed E-state index contributed by atoms with van der Waals surface area (Å²) in [6.07, 6.45) is 0. The van der Waals surface area contributed by atoms with E-state index in [0.717, 1.165) is 4.90 Å². The number of carboxylic acids is 1. The maximum atomic E-state index is 10.8. The molecular weight excluding hydrogens is 210 g/mol. The van der Waals surface area contributed by atoms with Crippen LogP contribution in [0.4, 0.5) is 5.69 Å². The number of benzene rings is 1. The Kier molecular flexibility index (Phi) is 3.29. The van der Waals surface area contributed by atoms with Gasteiger partial charge in [0.25, 0.3) is 0 Å². The van der Waals surface area contributed by atoms with Gasteiger partial charge in [-0.1, -0.05) is 20.8 Å². The average molecular weight is 225 g/mol. The summed E-state index contributed by atoms with van der Waals surface area (Å²) < 4.78 is 0.0191. The van der Waals surface area contributed by atoms with Crippen molar-refractivity contribution in [3.63, 3.8) is 0 Å². The molecule has 0 aliphatic rings. The molecule has 1 rings (SSSR count). The lowest BCUT2D eigenvalue weighted by Gasteiger charge is -2.18. The van der Waals surface area contributed by atoms with Crippen LogP contribution < -0.4 is 5.73 Å². The van der Waals surface area contributed by atoms with E-state index >= 15 is 0 Å². The Morgan fingerprint density at radius 2 is 2.00 bits per heavy atom. The molecule has 0 aliphatic heterocycles. The fourth-order valence-electron chi connectivity index (χ4n) is 1.09. The maximum Gasteiger partial charge on any atom is 0.335 e. The molecule has 0 atom stereocenters. The van der Waals surface area contributed by atoms with Gasteiger partial charge in [0, 0.05) is 15.3 Å². The zero-order valence-electron chi connectivity index (χ0n) is 9.07. The molecule has 0 heterocycles. The molecule has 3 nitrogen and oxygen atoms in total. The maximum absolute atomic E-state index is 10.8. The van der Waals surface area contributed by atoms with Gasteiger partial charge in [0.2, 0.25) is 0 Å². The van der Waals surface area contributed by atoms with Crippen LogP contribution in [0.2, 0.25) is 0 Å². The zero-order chi connectivity index (χ0) is 11.6. The van der Waals surface area contributed by atoms with Crippen molar-refractivity contribution in [1.29, 1.82) is 0 Å². The first-order valence-electron chi connectivity index (χ1n) is 4.61. The second-order valence-electron chi connectivity index (χ2n) is 4.27. The van der Waals surface area contributed by atoms with E-state index in [4.69, 9.17) is 10.8 Å². The van der Waals surface area contributed by atoms with E-state index in [9.17, 15) is 4.79 Å². The normalized spacial score (nSPS) is 11.4. The van der Waals surface area contributed by atoms with Gasteiger partial charge in [0.05, 0.1) is 5.56 Å². The molecule has 4 heteroatoms. The van der Waals surface area contributed by atoms with Crippen molar-refractivity contribution in [3.05, 3.63) is 23.8 Å². The number of hydrogen-bond acceptors (Lipinski definition) is 3. The summed E-state index contributed by atoms with van der Waals surface area (Å²) in [4.78, 5) is 11.6. The number of aromatic carboxylic acids is 1. The summed E-state index contributed by atoms with van der Waals surface area (Å²) in [6, 6.07) is 4.77. The van der Waals surface area contributed by atoms with Crippen molar-refractivity contribution in [3.8, 4) is 0 Å².